The smallest absolute Gasteiger partial charge is 0.321 e. The molecule has 0 heterocycles. The Labute approximate surface area is 117 Å². The number of fused-ring (bicyclic) bond motifs is 1. The lowest BCUT2D eigenvalue weighted by molar-refractivity contribution is -0.145. The Morgan fingerprint density at radius 1 is 1.05 bits per heavy atom. The topological polar surface area (TPSA) is 43.4 Å². The Hall–Kier alpha value is -2.16. The zero-order chi connectivity index (χ0) is 13.9. The van der Waals surface area contributed by atoms with Gasteiger partial charge in [0.15, 0.2) is 0 Å². The minimum Gasteiger partial charge on any atom is -0.426 e. The number of carbonyl (C=O) groups is 2. The molecule has 1 saturated carbocycles. The number of hydrogen-bond donors (Lipinski definition) is 0. The summed E-state index contributed by atoms with van der Waals surface area (Å²) in [5.41, 5.74) is 0. The predicted molar refractivity (Wildman–Crippen MR) is 76.5 cm³/mol. The Morgan fingerprint density at radius 2 is 1.85 bits per heavy atom. The fraction of sp³-hybridized carbons (Fsp3) is 0.294. The molecule has 1 fully saturated rings. The zero-order valence-corrected chi connectivity index (χ0v) is 11.2. The van der Waals surface area contributed by atoms with Crippen molar-refractivity contribution in [1.82, 2.24) is 0 Å². The van der Waals surface area contributed by atoms with E-state index in [1.165, 1.54) is 0 Å². The van der Waals surface area contributed by atoms with E-state index in [0.717, 1.165) is 23.6 Å². The van der Waals surface area contributed by atoms with Crippen LogP contribution in [0, 0.1) is 5.92 Å². The van der Waals surface area contributed by atoms with Crippen LogP contribution < -0.4 is 4.74 Å². The van der Waals surface area contributed by atoms with Crippen molar-refractivity contribution in [2.24, 2.45) is 5.92 Å². The van der Waals surface area contributed by atoms with E-state index < -0.39 is 11.9 Å². The first-order valence-corrected chi connectivity index (χ1v) is 6.97. The Bertz CT molecular complexity index is 660. The van der Waals surface area contributed by atoms with E-state index in [-0.39, 0.29) is 5.78 Å². The van der Waals surface area contributed by atoms with Gasteiger partial charge in [-0.2, -0.15) is 0 Å². The molecule has 0 aliphatic heterocycles. The zero-order valence-electron chi connectivity index (χ0n) is 11.2. The van der Waals surface area contributed by atoms with Gasteiger partial charge in [0.25, 0.3) is 0 Å². The third kappa shape index (κ3) is 2.57. The van der Waals surface area contributed by atoms with Gasteiger partial charge < -0.3 is 4.74 Å². The van der Waals surface area contributed by atoms with Crippen molar-refractivity contribution in [3.8, 4) is 5.75 Å². The van der Waals surface area contributed by atoms with Gasteiger partial charge in [-0.05, 0) is 35.7 Å². The Kier molecular flexibility index (Phi) is 3.50. The molecule has 1 unspecified atom stereocenters. The van der Waals surface area contributed by atoms with Gasteiger partial charge >= 0.3 is 5.97 Å². The first-order valence-electron chi connectivity index (χ1n) is 6.97. The number of benzene rings is 2. The SMILES string of the molecule is O=C1CCCCC1C(=O)Oc1ccc2ccccc2c1. The summed E-state index contributed by atoms with van der Waals surface area (Å²) >= 11 is 0. The molecule has 0 amide bonds. The molecule has 1 aliphatic carbocycles. The highest BCUT2D eigenvalue weighted by Gasteiger charge is 2.30. The minimum atomic E-state index is -0.574. The molecular weight excluding hydrogens is 252 g/mol. The van der Waals surface area contributed by atoms with E-state index in [1.54, 1.807) is 6.07 Å². The molecule has 0 spiro atoms. The molecule has 2 aromatic carbocycles. The van der Waals surface area contributed by atoms with Gasteiger partial charge in [0.1, 0.15) is 17.5 Å². The molecule has 0 radical (unpaired) electrons. The molecule has 3 rings (SSSR count). The molecule has 2 aromatic rings. The first kappa shape index (κ1) is 12.9. The lowest BCUT2D eigenvalue weighted by Gasteiger charge is -2.18. The van der Waals surface area contributed by atoms with Crippen molar-refractivity contribution in [2.75, 3.05) is 0 Å². The van der Waals surface area contributed by atoms with Crippen LogP contribution >= 0.6 is 0 Å². The van der Waals surface area contributed by atoms with E-state index in [2.05, 4.69) is 0 Å². The van der Waals surface area contributed by atoms with Crippen LogP contribution in [0.2, 0.25) is 0 Å². The van der Waals surface area contributed by atoms with E-state index in [1.807, 2.05) is 36.4 Å². The number of Topliss-reactive ketones (excluding diaryl/α,β-unsaturated/α-hetero) is 1. The summed E-state index contributed by atoms with van der Waals surface area (Å²) < 4.78 is 5.37. The van der Waals surface area contributed by atoms with Crippen molar-refractivity contribution in [1.29, 1.82) is 0 Å². The van der Waals surface area contributed by atoms with Crippen LogP contribution in [0.5, 0.6) is 5.75 Å². The largest absolute Gasteiger partial charge is 0.426 e. The Morgan fingerprint density at radius 3 is 2.65 bits per heavy atom. The van der Waals surface area contributed by atoms with E-state index in [4.69, 9.17) is 4.74 Å². The van der Waals surface area contributed by atoms with Gasteiger partial charge in [0, 0.05) is 6.42 Å². The highest BCUT2D eigenvalue weighted by Crippen LogP contribution is 2.25. The predicted octanol–water partition coefficient (Wildman–Crippen LogP) is 3.50. The van der Waals surface area contributed by atoms with Gasteiger partial charge in [-0.15, -0.1) is 0 Å². The highest BCUT2D eigenvalue weighted by molar-refractivity contribution is 6.00. The summed E-state index contributed by atoms with van der Waals surface area (Å²) in [6.07, 6.45) is 2.92. The van der Waals surface area contributed by atoms with Crippen molar-refractivity contribution < 1.29 is 14.3 Å². The van der Waals surface area contributed by atoms with Gasteiger partial charge in [0.2, 0.25) is 0 Å². The second kappa shape index (κ2) is 5.45. The van der Waals surface area contributed by atoms with Crippen LogP contribution in [-0.4, -0.2) is 11.8 Å². The molecule has 102 valence electrons. The molecular formula is C17H16O3. The second-order valence-corrected chi connectivity index (χ2v) is 5.19. The third-order valence-corrected chi connectivity index (χ3v) is 3.78. The summed E-state index contributed by atoms with van der Waals surface area (Å²) in [6.45, 7) is 0. The lowest BCUT2D eigenvalue weighted by Crippen LogP contribution is -2.30. The Balaban J connectivity index is 1.78. The summed E-state index contributed by atoms with van der Waals surface area (Å²) in [6, 6.07) is 13.4. The number of carbonyl (C=O) groups excluding carboxylic acids is 2. The fourth-order valence-corrected chi connectivity index (χ4v) is 2.65. The van der Waals surface area contributed by atoms with Crippen molar-refractivity contribution in [3.05, 3.63) is 42.5 Å². The highest BCUT2D eigenvalue weighted by atomic mass is 16.5. The molecule has 1 aliphatic rings. The number of esters is 1. The first-order chi connectivity index (χ1) is 9.74. The lowest BCUT2D eigenvalue weighted by atomic mass is 9.88. The summed E-state index contributed by atoms with van der Waals surface area (Å²) in [4.78, 5) is 23.8. The standard InChI is InChI=1S/C17H16O3/c18-16-8-4-3-7-15(16)17(19)20-14-10-9-12-5-1-2-6-13(12)11-14/h1-2,5-6,9-11,15H,3-4,7-8H2. The van der Waals surface area contributed by atoms with Crippen molar-refractivity contribution in [2.45, 2.75) is 25.7 Å². The molecule has 3 heteroatoms. The van der Waals surface area contributed by atoms with Gasteiger partial charge in [0.05, 0.1) is 0 Å². The van der Waals surface area contributed by atoms with Gasteiger partial charge in [-0.25, -0.2) is 0 Å². The quantitative estimate of drug-likeness (QED) is 0.475. The van der Waals surface area contributed by atoms with Crippen LogP contribution in [0.3, 0.4) is 0 Å². The minimum absolute atomic E-state index is 0.0158. The average Bonchev–Trinajstić information content (AvgIpc) is 2.47. The molecule has 0 aromatic heterocycles. The van der Waals surface area contributed by atoms with Crippen LogP contribution in [0.4, 0.5) is 0 Å². The summed E-state index contributed by atoms with van der Waals surface area (Å²) in [7, 11) is 0. The monoisotopic (exact) mass is 268 g/mol. The van der Waals surface area contributed by atoms with E-state index >= 15 is 0 Å². The molecule has 3 nitrogen and oxygen atoms in total. The third-order valence-electron chi connectivity index (χ3n) is 3.78. The average molecular weight is 268 g/mol. The van der Waals surface area contributed by atoms with Crippen LogP contribution in [0.1, 0.15) is 25.7 Å². The number of ether oxygens (including phenoxy) is 1. The van der Waals surface area contributed by atoms with E-state index in [9.17, 15) is 9.59 Å². The number of rotatable bonds is 2. The summed E-state index contributed by atoms with van der Waals surface area (Å²) in [5.74, 6) is -0.464. The number of hydrogen-bond acceptors (Lipinski definition) is 3. The van der Waals surface area contributed by atoms with E-state index in [0.29, 0.717) is 18.6 Å². The maximum atomic E-state index is 12.1. The normalized spacial score (nSPS) is 19.0. The summed E-state index contributed by atoms with van der Waals surface area (Å²) in [5, 5.41) is 2.12. The maximum Gasteiger partial charge on any atom is 0.321 e. The molecule has 0 saturated heterocycles. The van der Waals surface area contributed by atoms with Crippen LogP contribution in [0.25, 0.3) is 10.8 Å². The van der Waals surface area contributed by atoms with Crippen LogP contribution in [0.15, 0.2) is 42.5 Å². The van der Waals surface area contributed by atoms with Crippen molar-refractivity contribution in [3.63, 3.8) is 0 Å². The van der Waals surface area contributed by atoms with Gasteiger partial charge in [-0.3, -0.25) is 9.59 Å². The maximum absolute atomic E-state index is 12.1. The van der Waals surface area contributed by atoms with Crippen LogP contribution in [-0.2, 0) is 9.59 Å². The second-order valence-electron chi connectivity index (χ2n) is 5.19. The molecule has 0 N–H and O–H groups in total. The van der Waals surface area contributed by atoms with Gasteiger partial charge in [-0.1, -0.05) is 36.8 Å². The molecule has 0 bridgehead atoms. The fourth-order valence-electron chi connectivity index (χ4n) is 2.65. The number of ketones is 1. The molecule has 20 heavy (non-hydrogen) atoms. The molecule has 1 atom stereocenters. The van der Waals surface area contributed by atoms with Crippen molar-refractivity contribution >= 4 is 22.5 Å².